The van der Waals surface area contributed by atoms with Crippen molar-refractivity contribution in [2.24, 2.45) is 0 Å². The van der Waals surface area contributed by atoms with Crippen molar-refractivity contribution < 1.29 is 18.0 Å². The highest BCUT2D eigenvalue weighted by Gasteiger charge is 2.37. The summed E-state index contributed by atoms with van der Waals surface area (Å²) < 4.78 is 42.2. The van der Waals surface area contributed by atoms with Crippen molar-refractivity contribution in [2.75, 3.05) is 26.2 Å². The third kappa shape index (κ3) is 4.78. The highest BCUT2D eigenvalue weighted by atomic mass is 35.5. The Balaban J connectivity index is 1.40. The predicted molar refractivity (Wildman–Crippen MR) is 129 cm³/mol. The third-order valence-electron chi connectivity index (χ3n) is 5.95. The van der Waals surface area contributed by atoms with E-state index in [0.717, 1.165) is 12.6 Å². The second kappa shape index (κ2) is 9.25. The largest absolute Gasteiger partial charge is 0.433 e. The molecule has 0 spiro atoms. The Hall–Kier alpha value is -2.95. The average Bonchev–Trinajstić information content (AvgIpc) is 3.47. The molecule has 11 heteroatoms. The van der Waals surface area contributed by atoms with Crippen LogP contribution in [0.1, 0.15) is 27.3 Å². The maximum absolute atomic E-state index is 13.9. The maximum atomic E-state index is 13.9. The molecule has 1 amide bonds. The number of piperazine rings is 1. The number of carbonyl (C=O) groups is 1. The van der Waals surface area contributed by atoms with Crippen LogP contribution in [0.3, 0.4) is 0 Å². The van der Waals surface area contributed by atoms with Crippen molar-refractivity contribution in [3.63, 3.8) is 0 Å². The third-order valence-corrected chi connectivity index (χ3v) is 7.19. The van der Waals surface area contributed by atoms with Gasteiger partial charge in [-0.1, -0.05) is 47.5 Å². The molecule has 5 rings (SSSR count). The number of hydrogen-bond donors (Lipinski definition) is 0. The van der Waals surface area contributed by atoms with Crippen LogP contribution in [0.5, 0.6) is 0 Å². The quantitative estimate of drug-likeness (QED) is 0.362. The Morgan fingerprint density at radius 3 is 2.54 bits per heavy atom. The molecule has 1 fully saturated rings. The van der Waals surface area contributed by atoms with Gasteiger partial charge >= 0.3 is 6.18 Å². The van der Waals surface area contributed by atoms with E-state index in [2.05, 4.69) is 27.1 Å². The summed E-state index contributed by atoms with van der Waals surface area (Å²) in [6.45, 7) is 4.94. The van der Waals surface area contributed by atoms with Gasteiger partial charge in [-0.3, -0.25) is 9.69 Å². The number of rotatable bonds is 4. The summed E-state index contributed by atoms with van der Waals surface area (Å²) in [4.78, 5) is 21.9. The summed E-state index contributed by atoms with van der Waals surface area (Å²) in [5.41, 5.74) is 1.07. The molecule has 182 valence electrons. The van der Waals surface area contributed by atoms with Crippen LogP contribution in [0, 0.1) is 6.92 Å². The number of halogens is 4. The van der Waals surface area contributed by atoms with Crippen molar-refractivity contribution in [3.05, 3.63) is 75.4 Å². The minimum absolute atomic E-state index is 0.130. The Kier molecular flexibility index (Phi) is 6.29. The van der Waals surface area contributed by atoms with Gasteiger partial charge in [-0.05, 0) is 30.0 Å². The first-order valence-electron chi connectivity index (χ1n) is 11.0. The first-order chi connectivity index (χ1) is 16.7. The van der Waals surface area contributed by atoms with Gasteiger partial charge in [0.2, 0.25) is 0 Å². The van der Waals surface area contributed by atoms with Gasteiger partial charge in [0.15, 0.2) is 17.0 Å². The first kappa shape index (κ1) is 23.8. The molecule has 1 aliphatic heterocycles. The zero-order chi connectivity index (χ0) is 24.7. The number of thiophene rings is 1. The van der Waals surface area contributed by atoms with Crippen LogP contribution in [0.2, 0.25) is 5.02 Å². The van der Waals surface area contributed by atoms with Crippen LogP contribution >= 0.6 is 22.9 Å². The number of nitrogens with zero attached hydrogens (tertiary/aromatic N) is 5. The Morgan fingerprint density at radius 1 is 1.11 bits per heavy atom. The SMILES string of the molecule is Cc1cccc(CN2CCN(C(=O)c3nn4c(C(F)(F)F)cc(-c5cccs5)nc4c3Cl)CC2)c1. The van der Waals surface area contributed by atoms with Crippen LogP contribution in [0.4, 0.5) is 13.2 Å². The zero-order valence-corrected chi connectivity index (χ0v) is 20.3. The fourth-order valence-corrected chi connectivity index (χ4v) is 5.14. The Morgan fingerprint density at radius 2 is 1.89 bits per heavy atom. The minimum atomic E-state index is -4.70. The van der Waals surface area contributed by atoms with E-state index < -0.39 is 17.8 Å². The highest BCUT2D eigenvalue weighted by Crippen LogP contribution is 2.35. The molecule has 0 aliphatic carbocycles. The molecule has 3 aromatic heterocycles. The van der Waals surface area contributed by atoms with E-state index in [-0.39, 0.29) is 22.1 Å². The van der Waals surface area contributed by atoms with Gasteiger partial charge in [-0.25, -0.2) is 9.50 Å². The number of alkyl halides is 3. The van der Waals surface area contributed by atoms with Gasteiger partial charge in [0.1, 0.15) is 5.02 Å². The molecule has 4 heterocycles. The molecule has 1 aliphatic rings. The standard InChI is InChI=1S/C24H21ClF3N5OS/c1-15-4-2-5-16(12-15)14-31-7-9-32(10-8-31)23(34)21-20(25)22-29-17(18-6-3-11-35-18)13-19(24(26,27)28)33(22)30-21/h2-6,11-13H,7-10,14H2,1H3. The lowest BCUT2D eigenvalue weighted by atomic mass is 10.1. The molecule has 0 saturated carbocycles. The van der Waals surface area contributed by atoms with Crippen LogP contribution in [-0.4, -0.2) is 56.5 Å². The van der Waals surface area contributed by atoms with E-state index >= 15 is 0 Å². The van der Waals surface area contributed by atoms with Crippen LogP contribution < -0.4 is 0 Å². The molecule has 1 aromatic carbocycles. The molecule has 0 N–H and O–H groups in total. The summed E-state index contributed by atoms with van der Waals surface area (Å²) in [5, 5.41) is 5.54. The van der Waals surface area contributed by atoms with Crippen molar-refractivity contribution >= 4 is 34.5 Å². The fraction of sp³-hybridized carbons (Fsp3) is 0.292. The number of carbonyl (C=O) groups excluding carboxylic acids is 1. The lowest BCUT2D eigenvalue weighted by Crippen LogP contribution is -2.48. The molecule has 35 heavy (non-hydrogen) atoms. The summed E-state index contributed by atoms with van der Waals surface area (Å²) in [6, 6.07) is 12.6. The van der Waals surface area contributed by atoms with Gasteiger partial charge in [-0.2, -0.15) is 18.3 Å². The van der Waals surface area contributed by atoms with Gasteiger partial charge in [0.25, 0.3) is 5.91 Å². The number of fused-ring (bicyclic) bond motifs is 1. The number of benzene rings is 1. The lowest BCUT2D eigenvalue weighted by Gasteiger charge is -2.34. The Bertz CT molecular complexity index is 1380. The van der Waals surface area contributed by atoms with Crippen LogP contribution in [0.25, 0.3) is 16.2 Å². The summed E-state index contributed by atoms with van der Waals surface area (Å²) in [6.07, 6.45) is -4.70. The molecule has 0 atom stereocenters. The minimum Gasteiger partial charge on any atom is -0.335 e. The van der Waals surface area contributed by atoms with Gasteiger partial charge in [-0.15, -0.1) is 11.3 Å². The van der Waals surface area contributed by atoms with E-state index in [9.17, 15) is 18.0 Å². The topological polar surface area (TPSA) is 53.7 Å². The summed E-state index contributed by atoms with van der Waals surface area (Å²) >= 11 is 7.67. The molecular formula is C24H21ClF3N5OS. The average molecular weight is 520 g/mol. The summed E-state index contributed by atoms with van der Waals surface area (Å²) in [7, 11) is 0. The number of aryl methyl sites for hydroxylation is 1. The zero-order valence-electron chi connectivity index (χ0n) is 18.7. The van der Waals surface area contributed by atoms with Crippen LogP contribution in [0.15, 0.2) is 47.8 Å². The molecule has 6 nitrogen and oxygen atoms in total. The van der Waals surface area contributed by atoms with E-state index in [0.29, 0.717) is 35.6 Å². The molecule has 0 radical (unpaired) electrons. The van der Waals surface area contributed by atoms with Crippen molar-refractivity contribution in [3.8, 4) is 10.6 Å². The molecule has 0 unspecified atom stereocenters. The Labute approximate surface area is 208 Å². The van der Waals surface area contributed by atoms with Crippen molar-refractivity contribution in [1.29, 1.82) is 0 Å². The van der Waals surface area contributed by atoms with Gasteiger partial charge in [0, 0.05) is 32.7 Å². The second-order valence-corrected chi connectivity index (χ2v) is 9.78. The molecule has 4 aromatic rings. The molecule has 1 saturated heterocycles. The normalized spacial score (nSPS) is 15.2. The number of amides is 1. The van der Waals surface area contributed by atoms with Crippen molar-refractivity contribution in [2.45, 2.75) is 19.6 Å². The highest BCUT2D eigenvalue weighted by molar-refractivity contribution is 7.13. The molecule has 0 bridgehead atoms. The number of hydrogen-bond acceptors (Lipinski definition) is 5. The first-order valence-corrected chi connectivity index (χ1v) is 12.2. The van der Waals surface area contributed by atoms with E-state index in [1.165, 1.54) is 22.5 Å². The second-order valence-electron chi connectivity index (χ2n) is 8.46. The predicted octanol–water partition coefficient (Wildman–Crippen LogP) is 5.40. The maximum Gasteiger partial charge on any atom is 0.433 e. The number of aromatic nitrogens is 3. The van der Waals surface area contributed by atoms with Crippen LogP contribution in [-0.2, 0) is 12.7 Å². The summed E-state index contributed by atoms with van der Waals surface area (Å²) in [5.74, 6) is -0.499. The van der Waals surface area contributed by atoms with Gasteiger partial charge in [0.05, 0.1) is 10.6 Å². The smallest absolute Gasteiger partial charge is 0.335 e. The van der Waals surface area contributed by atoms with E-state index in [4.69, 9.17) is 11.6 Å². The van der Waals surface area contributed by atoms with Gasteiger partial charge < -0.3 is 4.90 Å². The van der Waals surface area contributed by atoms with E-state index in [1.807, 2.05) is 19.1 Å². The van der Waals surface area contributed by atoms with E-state index in [1.54, 1.807) is 22.4 Å². The van der Waals surface area contributed by atoms with Crippen molar-refractivity contribution in [1.82, 2.24) is 24.4 Å². The lowest BCUT2D eigenvalue weighted by molar-refractivity contribution is -0.142. The monoisotopic (exact) mass is 519 g/mol. The molecular weight excluding hydrogens is 499 g/mol. The fourth-order valence-electron chi connectivity index (χ4n) is 4.21.